The van der Waals surface area contributed by atoms with E-state index in [1.165, 1.54) is 25.6 Å². The number of carbonyl (C=O) groups is 2. The Morgan fingerprint density at radius 3 is 2.40 bits per heavy atom. The largest absolute Gasteiger partial charge is 0.469 e. The Labute approximate surface area is 217 Å². The van der Waals surface area contributed by atoms with Crippen molar-refractivity contribution in [1.82, 2.24) is 10.3 Å². The lowest BCUT2D eigenvalue weighted by Gasteiger charge is -2.45. The summed E-state index contributed by atoms with van der Waals surface area (Å²) in [5, 5.41) is 6.86. The summed E-state index contributed by atoms with van der Waals surface area (Å²) in [6.07, 6.45) is 0. The molecule has 4 rings (SSSR count). The number of nitrogens with one attached hydrogen (secondary N) is 1. The van der Waals surface area contributed by atoms with E-state index in [0.717, 1.165) is 11.1 Å². The van der Waals surface area contributed by atoms with Crippen LogP contribution in [0.2, 0.25) is 10.0 Å². The molecule has 1 aromatic heterocycles. The zero-order valence-electron chi connectivity index (χ0n) is 19.6. The quantitative estimate of drug-likeness (QED) is 0.410. The number of thiazole rings is 1. The molecular formula is C26H24Cl2N2O4S. The highest BCUT2D eigenvalue weighted by Crippen LogP contribution is 2.49. The minimum Gasteiger partial charge on any atom is -0.469 e. The molecule has 1 aliphatic heterocycles. The van der Waals surface area contributed by atoms with Gasteiger partial charge in [-0.05, 0) is 31.5 Å². The number of aromatic nitrogens is 1. The Kier molecular flexibility index (Phi) is 7.22. The van der Waals surface area contributed by atoms with Gasteiger partial charge in [0.25, 0.3) is 0 Å². The Morgan fingerprint density at radius 2 is 1.77 bits per heavy atom. The molecule has 0 aliphatic carbocycles. The van der Waals surface area contributed by atoms with E-state index in [4.69, 9.17) is 37.7 Å². The molecule has 0 spiro atoms. The van der Waals surface area contributed by atoms with E-state index in [1.807, 2.05) is 48.7 Å². The summed E-state index contributed by atoms with van der Waals surface area (Å²) in [4.78, 5) is 31.1. The van der Waals surface area contributed by atoms with Crippen LogP contribution < -0.4 is 5.32 Å². The van der Waals surface area contributed by atoms with Crippen LogP contribution in [-0.2, 0) is 24.6 Å². The number of methoxy groups -OCH3 is 2. The van der Waals surface area contributed by atoms with Crippen molar-refractivity contribution >= 4 is 46.5 Å². The molecule has 9 heteroatoms. The van der Waals surface area contributed by atoms with Crippen LogP contribution in [0.25, 0.3) is 11.3 Å². The van der Waals surface area contributed by atoms with Crippen molar-refractivity contribution in [2.75, 3.05) is 14.2 Å². The molecule has 0 bridgehead atoms. The maximum absolute atomic E-state index is 13.4. The van der Waals surface area contributed by atoms with Gasteiger partial charge in [0, 0.05) is 22.6 Å². The normalized spacial score (nSPS) is 21.9. The molecule has 0 fully saturated rings. The molecule has 6 nitrogen and oxygen atoms in total. The predicted octanol–water partition coefficient (Wildman–Crippen LogP) is 5.96. The van der Waals surface area contributed by atoms with Crippen molar-refractivity contribution in [2.24, 2.45) is 5.92 Å². The predicted molar refractivity (Wildman–Crippen MR) is 137 cm³/mol. The van der Waals surface area contributed by atoms with Gasteiger partial charge < -0.3 is 14.8 Å². The summed E-state index contributed by atoms with van der Waals surface area (Å²) < 4.78 is 10.4. The molecule has 35 heavy (non-hydrogen) atoms. The number of halogens is 2. The summed E-state index contributed by atoms with van der Waals surface area (Å²) in [6, 6.07) is 14.7. The van der Waals surface area contributed by atoms with Crippen LogP contribution in [0, 0.1) is 5.92 Å². The molecule has 2 aromatic carbocycles. The van der Waals surface area contributed by atoms with Crippen molar-refractivity contribution in [3.8, 4) is 11.3 Å². The lowest BCUT2D eigenvalue weighted by Crippen LogP contribution is -2.55. The number of esters is 2. The van der Waals surface area contributed by atoms with Crippen LogP contribution in [0.1, 0.15) is 30.3 Å². The molecule has 182 valence electrons. The Bertz CT molecular complexity index is 1310. The zero-order chi connectivity index (χ0) is 25.3. The molecule has 0 radical (unpaired) electrons. The Balaban J connectivity index is 1.90. The molecule has 1 aliphatic rings. The van der Waals surface area contributed by atoms with Gasteiger partial charge in [-0.3, -0.25) is 4.79 Å². The first-order chi connectivity index (χ1) is 16.7. The molecule has 1 N–H and O–H groups in total. The second kappa shape index (κ2) is 10.0. The maximum Gasteiger partial charge on any atom is 0.336 e. The van der Waals surface area contributed by atoms with Gasteiger partial charge in [0.2, 0.25) is 0 Å². The first-order valence-corrected chi connectivity index (χ1v) is 12.5. The van der Waals surface area contributed by atoms with Gasteiger partial charge in [-0.1, -0.05) is 59.6 Å². The fraction of sp³-hybridized carbons (Fsp3) is 0.269. The third-order valence-electron chi connectivity index (χ3n) is 6.30. The van der Waals surface area contributed by atoms with E-state index < -0.39 is 29.3 Å². The summed E-state index contributed by atoms with van der Waals surface area (Å²) in [7, 11) is 2.67. The number of hydrogen-bond acceptors (Lipinski definition) is 7. The van der Waals surface area contributed by atoms with Crippen LogP contribution in [0.15, 0.2) is 65.2 Å². The highest BCUT2D eigenvalue weighted by molar-refractivity contribution is 7.10. The minimum absolute atomic E-state index is 0.382. The lowest BCUT2D eigenvalue weighted by molar-refractivity contribution is -0.150. The van der Waals surface area contributed by atoms with Crippen molar-refractivity contribution < 1.29 is 19.1 Å². The standard InChI is InChI=1S/C26H24Cl2N2O4S/c1-14-20(23(31)33-3)21(15-8-6-5-7-9-15)22(24(32)34-4)26(2,30-14)25-29-19(13-35-25)16-10-11-17(27)18(28)12-16/h5-13,21-22,30H,1-4H3. The average molecular weight is 531 g/mol. The van der Waals surface area contributed by atoms with E-state index in [-0.39, 0.29) is 0 Å². The molecule has 0 saturated heterocycles. The lowest BCUT2D eigenvalue weighted by atomic mass is 9.67. The summed E-state index contributed by atoms with van der Waals surface area (Å²) >= 11 is 13.7. The van der Waals surface area contributed by atoms with Gasteiger partial charge in [-0.15, -0.1) is 11.3 Å². The van der Waals surface area contributed by atoms with Gasteiger partial charge in [0.1, 0.15) is 10.5 Å². The Hall–Kier alpha value is -2.87. The van der Waals surface area contributed by atoms with Crippen LogP contribution >= 0.6 is 34.5 Å². The third-order valence-corrected chi connectivity index (χ3v) is 8.12. The fourth-order valence-corrected chi connectivity index (χ4v) is 5.95. The van der Waals surface area contributed by atoms with Gasteiger partial charge in [0.15, 0.2) is 0 Å². The van der Waals surface area contributed by atoms with Crippen molar-refractivity contribution in [3.63, 3.8) is 0 Å². The number of hydrogen-bond donors (Lipinski definition) is 1. The molecule has 3 atom stereocenters. The smallest absolute Gasteiger partial charge is 0.336 e. The van der Waals surface area contributed by atoms with Gasteiger partial charge in [0.05, 0.1) is 41.4 Å². The molecule has 0 saturated carbocycles. The number of ether oxygens (including phenoxy) is 2. The number of nitrogens with zero attached hydrogens (tertiary/aromatic N) is 1. The van der Waals surface area contributed by atoms with Crippen molar-refractivity contribution in [3.05, 3.63) is 85.8 Å². The number of rotatable bonds is 5. The first kappa shape index (κ1) is 25.2. The SMILES string of the molecule is COC(=O)C1=C(C)NC(C)(c2nc(-c3ccc(Cl)c(Cl)c3)cs2)C(C(=O)OC)C1c1ccccc1. The van der Waals surface area contributed by atoms with Gasteiger partial charge in [-0.25, -0.2) is 9.78 Å². The highest BCUT2D eigenvalue weighted by atomic mass is 35.5. The minimum atomic E-state index is -0.978. The van der Waals surface area contributed by atoms with E-state index in [9.17, 15) is 9.59 Å². The van der Waals surface area contributed by atoms with E-state index in [1.54, 1.807) is 19.1 Å². The number of carbonyl (C=O) groups excluding carboxylic acids is 2. The number of benzene rings is 2. The van der Waals surface area contributed by atoms with E-state index in [2.05, 4.69) is 5.32 Å². The van der Waals surface area contributed by atoms with E-state index in [0.29, 0.717) is 32.0 Å². The third kappa shape index (κ3) is 4.56. The molecule has 3 unspecified atom stereocenters. The molecule has 2 heterocycles. The van der Waals surface area contributed by atoms with Crippen molar-refractivity contribution in [1.29, 1.82) is 0 Å². The summed E-state index contributed by atoms with van der Waals surface area (Å²) in [5.74, 6) is -2.38. The average Bonchev–Trinajstić information content (AvgIpc) is 3.36. The zero-order valence-corrected chi connectivity index (χ0v) is 21.9. The highest BCUT2D eigenvalue weighted by Gasteiger charge is 2.54. The maximum atomic E-state index is 13.4. The van der Waals surface area contributed by atoms with Gasteiger partial charge in [-0.2, -0.15) is 0 Å². The van der Waals surface area contributed by atoms with Crippen LogP contribution in [0.5, 0.6) is 0 Å². The monoisotopic (exact) mass is 530 g/mol. The number of allylic oxidation sites excluding steroid dienone is 1. The van der Waals surface area contributed by atoms with Gasteiger partial charge >= 0.3 is 11.9 Å². The van der Waals surface area contributed by atoms with Crippen LogP contribution in [-0.4, -0.2) is 31.1 Å². The topological polar surface area (TPSA) is 77.5 Å². The molecule has 3 aromatic rings. The second-order valence-corrected chi connectivity index (χ2v) is 10.1. The second-order valence-electron chi connectivity index (χ2n) is 8.41. The van der Waals surface area contributed by atoms with Crippen molar-refractivity contribution in [2.45, 2.75) is 25.3 Å². The Morgan fingerprint density at radius 1 is 1.06 bits per heavy atom. The van der Waals surface area contributed by atoms with E-state index >= 15 is 0 Å². The molecular weight excluding hydrogens is 507 g/mol. The summed E-state index contributed by atoms with van der Waals surface area (Å²) in [6.45, 7) is 3.71. The van der Waals surface area contributed by atoms with Crippen LogP contribution in [0.3, 0.4) is 0 Å². The fourth-order valence-electron chi connectivity index (χ4n) is 4.66. The summed E-state index contributed by atoms with van der Waals surface area (Å²) in [5.41, 5.74) is 2.32. The molecule has 0 amide bonds. The first-order valence-electron chi connectivity index (χ1n) is 10.8. The van der Waals surface area contributed by atoms with Crippen LogP contribution in [0.4, 0.5) is 0 Å².